The van der Waals surface area contributed by atoms with Gasteiger partial charge in [0.1, 0.15) is 23.0 Å². The van der Waals surface area contributed by atoms with Gasteiger partial charge in [0.15, 0.2) is 0 Å². The minimum absolute atomic E-state index is 0.327. The molecule has 0 amide bonds. The zero-order valence-electron chi connectivity index (χ0n) is 20.4. The average molecular weight is 469 g/mol. The first-order valence-electron chi connectivity index (χ1n) is 11.1. The Bertz CT molecular complexity index is 1280. The van der Waals surface area contributed by atoms with Crippen molar-refractivity contribution in [2.24, 2.45) is 0 Å². The fraction of sp³-hybridized carbons (Fsp3) is 0.133. The van der Waals surface area contributed by atoms with Crippen molar-refractivity contribution in [2.45, 2.75) is 27.7 Å². The Morgan fingerprint density at radius 3 is 1.23 bits per heavy atom. The lowest BCUT2D eigenvalue weighted by atomic mass is 10.0. The predicted molar refractivity (Wildman–Crippen MR) is 138 cm³/mol. The van der Waals surface area contributed by atoms with E-state index in [-0.39, 0.29) is 0 Å². The molecule has 3 aromatic carbocycles. The molecule has 178 valence electrons. The molecule has 0 saturated carbocycles. The molecule has 0 aliphatic rings. The fourth-order valence-corrected chi connectivity index (χ4v) is 3.03. The molecule has 0 unspecified atom stereocenters. The Morgan fingerprint density at radius 2 is 0.857 bits per heavy atom. The van der Waals surface area contributed by atoms with Crippen LogP contribution in [0.2, 0.25) is 0 Å². The van der Waals surface area contributed by atoms with Gasteiger partial charge in [-0.1, -0.05) is 61.7 Å². The number of esters is 2. The Morgan fingerprint density at radius 1 is 0.514 bits per heavy atom. The third-order valence-corrected chi connectivity index (χ3v) is 5.18. The van der Waals surface area contributed by atoms with Crippen LogP contribution in [-0.2, 0) is 14.3 Å². The quantitative estimate of drug-likeness (QED) is 0.151. The highest BCUT2D eigenvalue weighted by molar-refractivity contribution is 5.89. The lowest BCUT2D eigenvalue weighted by Crippen LogP contribution is -2.07. The Hall–Kier alpha value is -4.38. The van der Waals surface area contributed by atoms with E-state index >= 15 is 0 Å². The standard InChI is InChI=1S/C30H28O5/c1-19(2)29(31)34-22(6)21(5)33-27-15-11-25(12-16-27)23-7-9-24(10-8-23)26-13-17-28(18-14-26)35-30(32)20(3)4/h7-18H,1,3H2,2,4-6H3/b22-21-. The molecule has 0 aromatic heterocycles. The zero-order chi connectivity index (χ0) is 25.5. The van der Waals surface area contributed by atoms with E-state index in [2.05, 4.69) is 13.2 Å². The summed E-state index contributed by atoms with van der Waals surface area (Å²) in [5.41, 5.74) is 4.85. The molecule has 5 heteroatoms. The number of hydrogen-bond donors (Lipinski definition) is 0. The number of benzene rings is 3. The first-order chi connectivity index (χ1) is 16.6. The van der Waals surface area contributed by atoms with Crippen molar-refractivity contribution >= 4 is 11.9 Å². The molecule has 0 spiro atoms. The van der Waals surface area contributed by atoms with Crippen molar-refractivity contribution in [1.82, 2.24) is 0 Å². The first kappa shape index (κ1) is 25.2. The zero-order valence-corrected chi connectivity index (χ0v) is 20.4. The van der Waals surface area contributed by atoms with Gasteiger partial charge in [-0.05, 0) is 74.2 Å². The lowest BCUT2D eigenvalue weighted by Gasteiger charge is -2.11. The highest BCUT2D eigenvalue weighted by Gasteiger charge is 2.09. The molecular formula is C30H28O5. The molecule has 0 heterocycles. The van der Waals surface area contributed by atoms with Crippen LogP contribution in [0.1, 0.15) is 27.7 Å². The first-order valence-corrected chi connectivity index (χ1v) is 11.1. The molecule has 0 radical (unpaired) electrons. The molecule has 5 nitrogen and oxygen atoms in total. The van der Waals surface area contributed by atoms with Gasteiger partial charge >= 0.3 is 11.9 Å². The minimum Gasteiger partial charge on any atom is -0.459 e. The van der Waals surface area contributed by atoms with Gasteiger partial charge < -0.3 is 14.2 Å². The summed E-state index contributed by atoms with van der Waals surface area (Å²) in [4.78, 5) is 23.3. The smallest absolute Gasteiger partial charge is 0.338 e. The molecule has 0 bridgehead atoms. The van der Waals surface area contributed by atoms with Crippen LogP contribution >= 0.6 is 0 Å². The van der Waals surface area contributed by atoms with E-state index in [0.29, 0.717) is 34.2 Å². The topological polar surface area (TPSA) is 61.8 Å². The Balaban J connectivity index is 1.66. The normalized spacial score (nSPS) is 11.2. The van der Waals surface area contributed by atoms with Crippen molar-refractivity contribution in [3.8, 4) is 33.8 Å². The molecule has 3 aromatic rings. The van der Waals surface area contributed by atoms with Crippen molar-refractivity contribution in [3.63, 3.8) is 0 Å². The predicted octanol–water partition coefficient (Wildman–Crippen LogP) is 7.25. The number of rotatable bonds is 8. The van der Waals surface area contributed by atoms with Crippen LogP contribution in [0.25, 0.3) is 22.3 Å². The molecule has 0 aliphatic carbocycles. The highest BCUT2D eigenvalue weighted by Crippen LogP contribution is 2.28. The second-order valence-electron chi connectivity index (χ2n) is 8.18. The maximum atomic E-state index is 11.7. The summed E-state index contributed by atoms with van der Waals surface area (Å²) in [6, 6.07) is 23.2. The summed E-state index contributed by atoms with van der Waals surface area (Å²) in [6.07, 6.45) is 0. The van der Waals surface area contributed by atoms with Crippen LogP contribution in [0.15, 0.2) is 109 Å². The molecule has 3 rings (SSSR count). The molecular weight excluding hydrogens is 440 g/mol. The largest absolute Gasteiger partial charge is 0.459 e. The van der Waals surface area contributed by atoms with Crippen molar-refractivity contribution in [1.29, 1.82) is 0 Å². The molecule has 0 aliphatic heterocycles. The average Bonchev–Trinajstić information content (AvgIpc) is 2.85. The van der Waals surface area contributed by atoms with E-state index in [1.165, 1.54) is 0 Å². The number of carbonyl (C=O) groups excluding carboxylic acids is 2. The second kappa shape index (κ2) is 11.2. The number of ether oxygens (including phenoxy) is 3. The summed E-state index contributed by atoms with van der Waals surface area (Å²) < 4.78 is 16.3. The molecule has 0 saturated heterocycles. The van der Waals surface area contributed by atoms with Crippen molar-refractivity contribution < 1.29 is 23.8 Å². The van der Waals surface area contributed by atoms with Gasteiger partial charge in [0.05, 0.1) is 0 Å². The van der Waals surface area contributed by atoms with Crippen LogP contribution in [0.3, 0.4) is 0 Å². The van der Waals surface area contributed by atoms with E-state index in [1.807, 2.05) is 60.7 Å². The molecule has 0 N–H and O–H groups in total. The summed E-state index contributed by atoms with van der Waals surface area (Å²) in [5, 5.41) is 0. The minimum atomic E-state index is -0.480. The fourth-order valence-electron chi connectivity index (χ4n) is 3.03. The van der Waals surface area contributed by atoms with E-state index in [1.54, 1.807) is 39.8 Å². The van der Waals surface area contributed by atoms with Crippen LogP contribution in [0, 0.1) is 0 Å². The van der Waals surface area contributed by atoms with Crippen LogP contribution in [0.5, 0.6) is 11.5 Å². The third kappa shape index (κ3) is 6.81. The van der Waals surface area contributed by atoms with Crippen molar-refractivity contribution in [2.75, 3.05) is 0 Å². The summed E-state index contributed by atoms with van der Waals surface area (Å²) in [5.74, 6) is 1.09. The second-order valence-corrected chi connectivity index (χ2v) is 8.18. The van der Waals surface area contributed by atoms with Crippen LogP contribution in [-0.4, -0.2) is 11.9 Å². The van der Waals surface area contributed by atoms with Gasteiger partial charge in [0.2, 0.25) is 0 Å². The van der Waals surface area contributed by atoms with Crippen LogP contribution in [0.4, 0.5) is 0 Å². The van der Waals surface area contributed by atoms with Gasteiger partial charge in [0.25, 0.3) is 0 Å². The summed E-state index contributed by atoms with van der Waals surface area (Å²) in [7, 11) is 0. The maximum absolute atomic E-state index is 11.7. The Kier molecular flexibility index (Phi) is 8.05. The van der Waals surface area contributed by atoms with Gasteiger partial charge in [-0.25, -0.2) is 9.59 Å². The SMILES string of the molecule is C=C(C)C(=O)O/C(C)=C(/C)Oc1ccc(-c2ccc(-c3ccc(OC(=O)C(=C)C)cc3)cc2)cc1. The van der Waals surface area contributed by atoms with E-state index in [9.17, 15) is 9.59 Å². The van der Waals surface area contributed by atoms with Gasteiger partial charge in [0, 0.05) is 11.1 Å². The van der Waals surface area contributed by atoms with Gasteiger partial charge in [-0.3, -0.25) is 0 Å². The third-order valence-electron chi connectivity index (χ3n) is 5.18. The van der Waals surface area contributed by atoms with E-state index in [0.717, 1.165) is 22.3 Å². The maximum Gasteiger partial charge on any atom is 0.338 e. The van der Waals surface area contributed by atoms with Crippen molar-refractivity contribution in [3.05, 3.63) is 109 Å². The van der Waals surface area contributed by atoms with E-state index < -0.39 is 11.9 Å². The van der Waals surface area contributed by atoms with Gasteiger partial charge in [-0.2, -0.15) is 0 Å². The van der Waals surface area contributed by atoms with Gasteiger partial charge in [-0.15, -0.1) is 0 Å². The summed E-state index contributed by atoms with van der Waals surface area (Å²) >= 11 is 0. The summed E-state index contributed by atoms with van der Waals surface area (Å²) in [6.45, 7) is 13.8. The monoisotopic (exact) mass is 468 g/mol. The molecule has 0 atom stereocenters. The molecule has 0 fully saturated rings. The Labute approximate surface area is 206 Å². The lowest BCUT2D eigenvalue weighted by molar-refractivity contribution is -0.135. The highest BCUT2D eigenvalue weighted by atomic mass is 16.6. The molecule has 35 heavy (non-hydrogen) atoms. The van der Waals surface area contributed by atoms with E-state index in [4.69, 9.17) is 14.2 Å². The number of hydrogen-bond acceptors (Lipinski definition) is 5. The van der Waals surface area contributed by atoms with Crippen LogP contribution < -0.4 is 9.47 Å². The number of allylic oxidation sites excluding steroid dienone is 2. The number of carbonyl (C=O) groups is 2.